The Balaban J connectivity index is 2.01. The van der Waals surface area contributed by atoms with Crippen molar-refractivity contribution >= 4 is 16.6 Å². The van der Waals surface area contributed by atoms with Crippen LogP contribution in [0.4, 0.5) is 18.9 Å². The zero-order chi connectivity index (χ0) is 19.2. The van der Waals surface area contributed by atoms with E-state index in [1.165, 1.54) is 12.3 Å². The van der Waals surface area contributed by atoms with E-state index in [0.717, 1.165) is 43.8 Å². The summed E-state index contributed by atoms with van der Waals surface area (Å²) in [5, 5.41) is 13.1. The van der Waals surface area contributed by atoms with Gasteiger partial charge in [0.15, 0.2) is 0 Å². The number of pyridine rings is 1. The van der Waals surface area contributed by atoms with Gasteiger partial charge in [0.05, 0.1) is 17.7 Å². The fraction of sp³-hybridized carbons (Fsp3) is 0.526. The molecule has 0 radical (unpaired) electrons. The van der Waals surface area contributed by atoms with Gasteiger partial charge < -0.3 is 15.3 Å². The minimum absolute atomic E-state index is 0.157. The van der Waals surface area contributed by atoms with Crippen LogP contribution >= 0.6 is 0 Å². The standard InChI is InChI=1S/C19H26F3N3O/c1-3-25(11-12-26)10-4-5-14(2)24-17-8-9-23-18-13-15(19(20,21)22)6-7-16(17)18/h6-9,13-14,26H,3-5,10-12H2,1-2H3,(H,23,24)/t14-/m0/s1. The number of rotatable bonds is 9. The van der Waals surface area contributed by atoms with Crippen molar-refractivity contribution in [1.82, 2.24) is 9.88 Å². The van der Waals surface area contributed by atoms with E-state index < -0.39 is 11.7 Å². The van der Waals surface area contributed by atoms with E-state index in [9.17, 15) is 13.2 Å². The first-order chi connectivity index (χ1) is 12.3. The number of aliphatic hydroxyl groups is 1. The van der Waals surface area contributed by atoms with E-state index in [2.05, 4.69) is 29.0 Å². The Bertz CT molecular complexity index is 706. The topological polar surface area (TPSA) is 48.4 Å². The highest BCUT2D eigenvalue weighted by atomic mass is 19.4. The number of aliphatic hydroxyl groups excluding tert-OH is 1. The van der Waals surface area contributed by atoms with Gasteiger partial charge in [-0.05, 0) is 51.1 Å². The second-order valence-electron chi connectivity index (χ2n) is 6.43. The third-order valence-electron chi connectivity index (χ3n) is 4.45. The molecule has 144 valence electrons. The Hall–Kier alpha value is -1.86. The molecule has 0 aliphatic heterocycles. The maximum atomic E-state index is 12.9. The van der Waals surface area contributed by atoms with E-state index in [0.29, 0.717) is 17.4 Å². The number of halogens is 3. The van der Waals surface area contributed by atoms with Gasteiger partial charge in [0, 0.05) is 29.9 Å². The Morgan fingerprint density at radius 3 is 2.65 bits per heavy atom. The summed E-state index contributed by atoms with van der Waals surface area (Å²) >= 11 is 0. The number of nitrogens with zero attached hydrogens (tertiary/aromatic N) is 2. The predicted molar refractivity (Wildman–Crippen MR) is 98.3 cm³/mol. The van der Waals surface area contributed by atoms with Crippen LogP contribution in [-0.2, 0) is 6.18 Å². The maximum absolute atomic E-state index is 12.9. The van der Waals surface area contributed by atoms with Gasteiger partial charge >= 0.3 is 6.18 Å². The van der Waals surface area contributed by atoms with Crippen LogP contribution in [0.2, 0.25) is 0 Å². The Kier molecular flexibility index (Phi) is 7.23. The van der Waals surface area contributed by atoms with Crippen molar-refractivity contribution in [2.24, 2.45) is 0 Å². The number of likely N-dealkylation sites (N-methyl/N-ethyl adjacent to an activating group) is 1. The average Bonchev–Trinajstić information content (AvgIpc) is 2.60. The van der Waals surface area contributed by atoms with Crippen molar-refractivity contribution in [3.63, 3.8) is 0 Å². The second kappa shape index (κ2) is 9.19. The maximum Gasteiger partial charge on any atom is 0.416 e. The highest BCUT2D eigenvalue weighted by Gasteiger charge is 2.30. The van der Waals surface area contributed by atoms with Crippen LogP contribution in [0, 0.1) is 0 Å². The van der Waals surface area contributed by atoms with Crippen LogP contribution in [0.15, 0.2) is 30.5 Å². The lowest BCUT2D eigenvalue weighted by molar-refractivity contribution is -0.137. The average molecular weight is 369 g/mol. The molecule has 0 fully saturated rings. The van der Waals surface area contributed by atoms with E-state index in [4.69, 9.17) is 5.11 Å². The van der Waals surface area contributed by atoms with Crippen molar-refractivity contribution < 1.29 is 18.3 Å². The summed E-state index contributed by atoms with van der Waals surface area (Å²) in [6.07, 6.45) is -0.945. The van der Waals surface area contributed by atoms with Gasteiger partial charge in [-0.2, -0.15) is 13.2 Å². The number of benzene rings is 1. The van der Waals surface area contributed by atoms with Crippen LogP contribution in [0.3, 0.4) is 0 Å². The summed E-state index contributed by atoms with van der Waals surface area (Å²) in [6.45, 7) is 6.77. The van der Waals surface area contributed by atoms with Gasteiger partial charge in [-0.3, -0.25) is 4.98 Å². The number of aromatic nitrogens is 1. The molecular weight excluding hydrogens is 343 g/mol. The van der Waals surface area contributed by atoms with Crippen LogP contribution < -0.4 is 5.32 Å². The summed E-state index contributed by atoms with van der Waals surface area (Å²) in [5.74, 6) is 0. The summed E-state index contributed by atoms with van der Waals surface area (Å²) in [6, 6.07) is 5.61. The van der Waals surface area contributed by atoms with Crippen molar-refractivity contribution in [3.8, 4) is 0 Å². The molecule has 4 nitrogen and oxygen atoms in total. The molecule has 0 spiro atoms. The van der Waals surface area contributed by atoms with Crippen LogP contribution in [0.1, 0.15) is 32.3 Å². The zero-order valence-corrected chi connectivity index (χ0v) is 15.2. The van der Waals surface area contributed by atoms with Gasteiger partial charge in [-0.25, -0.2) is 0 Å². The predicted octanol–water partition coefficient (Wildman–Crippen LogP) is 4.15. The molecule has 1 aromatic carbocycles. The SMILES string of the molecule is CCN(CCO)CCC[C@H](C)Nc1ccnc2cc(C(F)(F)F)ccc12. The summed E-state index contributed by atoms with van der Waals surface area (Å²) in [7, 11) is 0. The molecule has 7 heteroatoms. The van der Waals surface area contributed by atoms with Crippen molar-refractivity contribution in [1.29, 1.82) is 0 Å². The van der Waals surface area contributed by atoms with Crippen molar-refractivity contribution in [2.45, 2.75) is 38.9 Å². The molecule has 1 aromatic heterocycles. The van der Waals surface area contributed by atoms with Gasteiger partial charge in [0.2, 0.25) is 0 Å². The highest BCUT2D eigenvalue weighted by Crippen LogP contribution is 2.32. The highest BCUT2D eigenvalue weighted by molar-refractivity contribution is 5.91. The molecule has 2 rings (SSSR count). The molecule has 2 N–H and O–H groups in total. The van der Waals surface area contributed by atoms with Gasteiger partial charge in [0.25, 0.3) is 0 Å². The normalized spacial score (nSPS) is 13.3. The molecule has 0 aliphatic carbocycles. The number of hydrogen-bond donors (Lipinski definition) is 2. The summed E-state index contributed by atoms with van der Waals surface area (Å²) in [5.41, 5.74) is 0.433. The quantitative estimate of drug-likeness (QED) is 0.697. The molecule has 0 saturated carbocycles. The Labute approximate surface area is 152 Å². The lowest BCUT2D eigenvalue weighted by Gasteiger charge is -2.21. The smallest absolute Gasteiger partial charge is 0.395 e. The first-order valence-electron chi connectivity index (χ1n) is 8.91. The molecule has 26 heavy (non-hydrogen) atoms. The minimum Gasteiger partial charge on any atom is -0.395 e. The molecule has 0 aliphatic rings. The molecule has 1 heterocycles. The van der Waals surface area contributed by atoms with E-state index in [1.54, 1.807) is 6.07 Å². The second-order valence-corrected chi connectivity index (χ2v) is 6.43. The van der Waals surface area contributed by atoms with Gasteiger partial charge in [-0.1, -0.05) is 13.0 Å². The first-order valence-corrected chi connectivity index (χ1v) is 8.91. The number of hydrogen-bond acceptors (Lipinski definition) is 4. The molecule has 0 bridgehead atoms. The third-order valence-corrected chi connectivity index (χ3v) is 4.45. The lowest BCUT2D eigenvalue weighted by atomic mass is 10.1. The zero-order valence-electron chi connectivity index (χ0n) is 15.2. The van der Waals surface area contributed by atoms with Crippen molar-refractivity contribution in [3.05, 3.63) is 36.0 Å². The van der Waals surface area contributed by atoms with E-state index in [-0.39, 0.29) is 12.6 Å². The minimum atomic E-state index is -4.37. The Morgan fingerprint density at radius 2 is 2.00 bits per heavy atom. The van der Waals surface area contributed by atoms with E-state index >= 15 is 0 Å². The molecule has 2 aromatic rings. The van der Waals surface area contributed by atoms with Crippen LogP contribution in [0.25, 0.3) is 10.9 Å². The number of fused-ring (bicyclic) bond motifs is 1. The molecule has 0 unspecified atom stereocenters. The molecule has 1 atom stereocenters. The van der Waals surface area contributed by atoms with E-state index in [1.807, 2.05) is 0 Å². The number of nitrogens with one attached hydrogen (secondary N) is 1. The lowest BCUT2D eigenvalue weighted by Crippen LogP contribution is -2.28. The van der Waals surface area contributed by atoms with Crippen LogP contribution in [-0.4, -0.2) is 47.3 Å². The number of anilines is 1. The van der Waals surface area contributed by atoms with Crippen molar-refractivity contribution in [2.75, 3.05) is 31.6 Å². The fourth-order valence-electron chi connectivity index (χ4n) is 2.98. The Morgan fingerprint density at radius 1 is 1.23 bits per heavy atom. The monoisotopic (exact) mass is 369 g/mol. The fourth-order valence-corrected chi connectivity index (χ4v) is 2.98. The first kappa shape index (κ1) is 20.5. The van der Waals surface area contributed by atoms with Gasteiger partial charge in [-0.15, -0.1) is 0 Å². The third kappa shape index (κ3) is 5.57. The summed E-state index contributed by atoms with van der Waals surface area (Å²) < 4.78 is 38.6. The molecule has 0 amide bonds. The van der Waals surface area contributed by atoms with Crippen LogP contribution in [0.5, 0.6) is 0 Å². The number of alkyl halides is 3. The summed E-state index contributed by atoms with van der Waals surface area (Å²) in [4.78, 5) is 6.26. The van der Waals surface area contributed by atoms with Gasteiger partial charge in [0.1, 0.15) is 0 Å². The molecule has 0 saturated heterocycles. The molecular formula is C19H26F3N3O. The largest absolute Gasteiger partial charge is 0.416 e.